The monoisotopic (exact) mass is 301 g/mol. The Balaban J connectivity index is 1.92. The van der Waals surface area contributed by atoms with Crippen LogP contribution in [0.5, 0.6) is 5.75 Å². The van der Waals surface area contributed by atoms with Crippen molar-refractivity contribution in [2.24, 2.45) is 0 Å². The Morgan fingerprint density at radius 3 is 2.59 bits per heavy atom. The van der Waals surface area contributed by atoms with Crippen LogP contribution in [0.1, 0.15) is 24.8 Å². The molecule has 0 heterocycles. The summed E-state index contributed by atoms with van der Waals surface area (Å²) in [6.07, 6.45) is 1.90. The largest absolute Gasteiger partial charge is 0.497 e. The highest BCUT2D eigenvalue weighted by atomic mass is 16.5. The van der Waals surface area contributed by atoms with E-state index in [2.05, 4.69) is 36.2 Å². The lowest BCUT2D eigenvalue weighted by Crippen LogP contribution is -2.19. The molecule has 0 fully saturated rings. The molecular formula is C18H23NO3. The van der Waals surface area contributed by atoms with Gasteiger partial charge in [-0.25, -0.2) is 0 Å². The van der Waals surface area contributed by atoms with Crippen molar-refractivity contribution in [3.8, 4) is 5.75 Å². The van der Waals surface area contributed by atoms with Crippen molar-refractivity contribution in [1.82, 2.24) is 4.90 Å². The third kappa shape index (κ3) is 4.74. The fraction of sp³-hybridized carbons (Fsp3) is 0.389. The molecule has 0 saturated carbocycles. The predicted molar refractivity (Wildman–Crippen MR) is 88.3 cm³/mol. The van der Waals surface area contributed by atoms with Gasteiger partial charge >= 0.3 is 5.97 Å². The van der Waals surface area contributed by atoms with Gasteiger partial charge in [0.05, 0.1) is 7.11 Å². The van der Waals surface area contributed by atoms with Crippen LogP contribution in [0.25, 0.3) is 10.8 Å². The molecule has 118 valence electrons. The molecule has 0 aliphatic heterocycles. The molecule has 0 amide bonds. The predicted octanol–water partition coefficient (Wildman–Crippen LogP) is 3.54. The first-order chi connectivity index (χ1) is 10.6. The fourth-order valence-corrected chi connectivity index (χ4v) is 2.55. The summed E-state index contributed by atoms with van der Waals surface area (Å²) >= 11 is 0. The molecule has 0 radical (unpaired) electrons. The van der Waals surface area contributed by atoms with Crippen molar-refractivity contribution in [2.75, 3.05) is 20.7 Å². The Morgan fingerprint density at radius 1 is 1.14 bits per heavy atom. The van der Waals surface area contributed by atoms with Gasteiger partial charge in [-0.15, -0.1) is 0 Å². The molecule has 1 N–H and O–H groups in total. The minimum Gasteiger partial charge on any atom is -0.497 e. The Hall–Kier alpha value is -2.07. The number of benzene rings is 2. The van der Waals surface area contributed by atoms with E-state index in [1.54, 1.807) is 7.11 Å². The van der Waals surface area contributed by atoms with Crippen LogP contribution in [-0.4, -0.2) is 36.7 Å². The Bertz CT molecular complexity index is 639. The van der Waals surface area contributed by atoms with Gasteiger partial charge in [-0.05, 0) is 61.0 Å². The molecule has 0 unspecified atom stereocenters. The molecule has 4 heteroatoms. The Kier molecular flexibility index (Phi) is 5.78. The molecule has 0 bridgehead atoms. The van der Waals surface area contributed by atoms with Crippen LogP contribution in [0.15, 0.2) is 36.4 Å². The van der Waals surface area contributed by atoms with Gasteiger partial charge < -0.3 is 14.7 Å². The van der Waals surface area contributed by atoms with E-state index in [1.807, 2.05) is 12.1 Å². The van der Waals surface area contributed by atoms with E-state index in [0.29, 0.717) is 0 Å². The van der Waals surface area contributed by atoms with E-state index in [-0.39, 0.29) is 6.42 Å². The molecule has 2 aromatic rings. The molecule has 0 aliphatic carbocycles. The van der Waals surface area contributed by atoms with Gasteiger partial charge in [0.1, 0.15) is 5.75 Å². The molecule has 0 aromatic heterocycles. The zero-order valence-electron chi connectivity index (χ0n) is 13.2. The summed E-state index contributed by atoms with van der Waals surface area (Å²) in [7, 11) is 3.74. The maximum Gasteiger partial charge on any atom is 0.303 e. The van der Waals surface area contributed by atoms with Gasteiger partial charge in [0.15, 0.2) is 0 Å². The van der Waals surface area contributed by atoms with Crippen molar-refractivity contribution >= 4 is 16.7 Å². The standard InChI is InChI=1S/C18H23NO3/c1-19(10-4-3-5-18(20)21)13-14-6-7-16-12-17(22-2)9-8-15(16)11-14/h6-9,11-12H,3-5,10,13H2,1-2H3,(H,20,21). The zero-order chi connectivity index (χ0) is 15.9. The second kappa shape index (κ2) is 7.80. The average molecular weight is 301 g/mol. The molecule has 0 saturated heterocycles. The Morgan fingerprint density at radius 2 is 1.86 bits per heavy atom. The third-order valence-electron chi connectivity index (χ3n) is 3.74. The molecule has 22 heavy (non-hydrogen) atoms. The number of carboxylic acids is 1. The van der Waals surface area contributed by atoms with Crippen LogP contribution >= 0.6 is 0 Å². The number of rotatable bonds is 8. The molecule has 0 atom stereocenters. The SMILES string of the molecule is COc1ccc2cc(CN(C)CCCCC(=O)O)ccc2c1. The van der Waals surface area contributed by atoms with E-state index in [1.165, 1.54) is 16.3 Å². The number of carboxylic acid groups (broad SMARTS) is 1. The van der Waals surface area contributed by atoms with Crippen LogP contribution < -0.4 is 4.74 Å². The Labute approximate surface area is 131 Å². The van der Waals surface area contributed by atoms with Crippen molar-refractivity contribution < 1.29 is 14.6 Å². The number of carbonyl (C=O) groups is 1. The van der Waals surface area contributed by atoms with Gasteiger partial charge in [-0.1, -0.05) is 18.2 Å². The van der Waals surface area contributed by atoms with Gasteiger partial charge in [0.2, 0.25) is 0 Å². The van der Waals surface area contributed by atoms with E-state index in [9.17, 15) is 4.79 Å². The summed E-state index contributed by atoms with van der Waals surface area (Å²) in [5, 5.41) is 11.0. The molecule has 2 rings (SSSR count). The lowest BCUT2D eigenvalue weighted by molar-refractivity contribution is -0.137. The maximum atomic E-state index is 10.5. The third-order valence-corrected chi connectivity index (χ3v) is 3.74. The highest BCUT2D eigenvalue weighted by Crippen LogP contribution is 2.22. The molecular weight excluding hydrogens is 278 g/mol. The summed E-state index contributed by atoms with van der Waals surface area (Å²) < 4.78 is 5.24. The van der Waals surface area contributed by atoms with Gasteiger partial charge in [-0.3, -0.25) is 4.79 Å². The maximum absolute atomic E-state index is 10.5. The van der Waals surface area contributed by atoms with E-state index in [0.717, 1.165) is 31.7 Å². The number of nitrogens with zero attached hydrogens (tertiary/aromatic N) is 1. The van der Waals surface area contributed by atoms with Crippen molar-refractivity contribution in [3.05, 3.63) is 42.0 Å². The van der Waals surface area contributed by atoms with E-state index < -0.39 is 5.97 Å². The van der Waals surface area contributed by atoms with Crippen LogP contribution in [0.2, 0.25) is 0 Å². The first-order valence-electron chi connectivity index (χ1n) is 7.55. The molecule has 2 aromatic carbocycles. The van der Waals surface area contributed by atoms with Gasteiger partial charge in [0.25, 0.3) is 0 Å². The number of ether oxygens (including phenoxy) is 1. The normalized spacial score (nSPS) is 11.0. The number of hydrogen-bond donors (Lipinski definition) is 1. The quantitative estimate of drug-likeness (QED) is 0.758. The van der Waals surface area contributed by atoms with E-state index in [4.69, 9.17) is 9.84 Å². The number of fused-ring (bicyclic) bond motifs is 1. The second-order valence-corrected chi connectivity index (χ2v) is 5.64. The summed E-state index contributed by atoms with van der Waals surface area (Å²) in [6.45, 7) is 1.78. The minimum atomic E-state index is -0.715. The summed E-state index contributed by atoms with van der Waals surface area (Å²) in [5.41, 5.74) is 1.26. The van der Waals surface area contributed by atoms with Gasteiger partial charge in [0, 0.05) is 13.0 Å². The van der Waals surface area contributed by atoms with E-state index >= 15 is 0 Å². The number of unbranched alkanes of at least 4 members (excludes halogenated alkanes) is 1. The van der Waals surface area contributed by atoms with Crippen molar-refractivity contribution in [3.63, 3.8) is 0 Å². The number of aliphatic carboxylic acids is 1. The first-order valence-corrected chi connectivity index (χ1v) is 7.55. The zero-order valence-corrected chi connectivity index (χ0v) is 13.2. The van der Waals surface area contributed by atoms with Crippen LogP contribution in [-0.2, 0) is 11.3 Å². The van der Waals surface area contributed by atoms with Gasteiger partial charge in [-0.2, -0.15) is 0 Å². The van der Waals surface area contributed by atoms with Crippen LogP contribution in [0.3, 0.4) is 0 Å². The average Bonchev–Trinajstić information content (AvgIpc) is 2.51. The highest BCUT2D eigenvalue weighted by molar-refractivity contribution is 5.84. The smallest absolute Gasteiger partial charge is 0.303 e. The summed E-state index contributed by atoms with van der Waals surface area (Å²) in [4.78, 5) is 12.7. The minimum absolute atomic E-state index is 0.256. The fourth-order valence-electron chi connectivity index (χ4n) is 2.55. The molecule has 0 aliphatic rings. The second-order valence-electron chi connectivity index (χ2n) is 5.64. The molecule has 0 spiro atoms. The highest BCUT2D eigenvalue weighted by Gasteiger charge is 2.04. The molecule has 4 nitrogen and oxygen atoms in total. The van der Waals surface area contributed by atoms with Crippen molar-refractivity contribution in [1.29, 1.82) is 0 Å². The number of methoxy groups -OCH3 is 1. The van der Waals surface area contributed by atoms with Crippen LogP contribution in [0.4, 0.5) is 0 Å². The first kappa shape index (κ1) is 16.3. The van der Waals surface area contributed by atoms with Crippen molar-refractivity contribution in [2.45, 2.75) is 25.8 Å². The van der Waals surface area contributed by atoms with Crippen LogP contribution in [0, 0.1) is 0 Å². The summed E-state index contributed by atoms with van der Waals surface area (Å²) in [5.74, 6) is 0.156. The lowest BCUT2D eigenvalue weighted by Gasteiger charge is -2.16. The number of hydrogen-bond acceptors (Lipinski definition) is 3. The lowest BCUT2D eigenvalue weighted by atomic mass is 10.1. The summed E-state index contributed by atoms with van der Waals surface area (Å²) in [6, 6.07) is 12.5. The topological polar surface area (TPSA) is 49.8 Å².